The number of ether oxygens (including phenoxy) is 3. The molecule has 0 aromatic heterocycles. The van der Waals surface area contributed by atoms with E-state index in [4.69, 9.17) is 19.9 Å². The van der Waals surface area contributed by atoms with Crippen LogP contribution in [0.5, 0.6) is 23.0 Å². The number of fused-ring (bicyclic) bond motifs is 5. The van der Waals surface area contributed by atoms with Gasteiger partial charge in [-0.3, -0.25) is 9.59 Å². The first kappa shape index (κ1) is 20.3. The van der Waals surface area contributed by atoms with Crippen molar-refractivity contribution in [3.8, 4) is 23.0 Å². The molecule has 2 aromatic rings. The summed E-state index contributed by atoms with van der Waals surface area (Å²) < 4.78 is 16.0. The van der Waals surface area contributed by atoms with Gasteiger partial charge in [0.2, 0.25) is 11.8 Å². The molecule has 164 valence electrons. The third-order valence-corrected chi connectivity index (χ3v) is 7.09. The average molecular weight is 454 g/mol. The van der Waals surface area contributed by atoms with Gasteiger partial charge in [-0.05, 0) is 18.2 Å². The number of rotatable bonds is 3. The monoisotopic (exact) mass is 454 g/mol. The van der Waals surface area contributed by atoms with Crippen LogP contribution < -0.4 is 24.8 Å². The second-order valence-corrected chi connectivity index (χ2v) is 8.66. The van der Waals surface area contributed by atoms with Gasteiger partial charge in [-0.2, -0.15) is 0 Å². The van der Waals surface area contributed by atoms with Gasteiger partial charge >= 0.3 is 5.97 Å². The first-order chi connectivity index (χ1) is 15.3. The number of phenols is 1. The summed E-state index contributed by atoms with van der Waals surface area (Å²) in [5.41, 5.74) is 7.09. The van der Waals surface area contributed by atoms with E-state index in [0.717, 1.165) is 16.7 Å². The maximum Gasteiger partial charge on any atom is 0.342 e. The fourth-order valence-electron chi connectivity index (χ4n) is 4.45. The van der Waals surface area contributed by atoms with Crippen molar-refractivity contribution in [1.82, 2.24) is 0 Å². The second-order valence-electron chi connectivity index (χ2n) is 7.48. The Morgan fingerprint density at radius 2 is 1.84 bits per heavy atom. The number of benzene rings is 2. The molecule has 3 atom stereocenters. The van der Waals surface area contributed by atoms with Crippen LogP contribution in [0.4, 0.5) is 5.69 Å². The Morgan fingerprint density at radius 1 is 1.06 bits per heavy atom. The molecule has 0 spiro atoms. The number of anilines is 1. The number of phenolic OH excluding ortho intramolecular Hbond substituents is 1. The number of nitrogens with two attached hydrogens (primary N) is 1. The maximum atomic E-state index is 13.7. The van der Waals surface area contributed by atoms with Gasteiger partial charge in [-0.25, -0.2) is 9.69 Å². The molecule has 0 aliphatic carbocycles. The second kappa shape index (κ2) is 7.20. The number of imide groups is 1. The molecule has 0 unspecified atom stereocenters. The highest BCUT2D eigenvalue weighted by Crippen LogP contribution is 2.55. The predicted octanol–water partition coefficient (Wildman–Crippen LogP) is 1.89. The summed E-state index contributed by atoms with van der Waals surface area (Å²) in [7, 11) is 2.92. The smallest absolute Gasteiger partial charge is 0.342 e. The Kier molecular flexibility index (Phi) is 4.55. The van der Waals surface area contributed by atoms with E-state index < -0.39 is 34.9 Å². The van der Waals surface area contributed by atoms with Gasteiger partial charge in [-0.1, -0.05) is 17.8 Å². The Hall–Kier alpha value is -3.66. The molecule has 5 rings (SSSR count). The molecule has 0 bridgehead atoms. The van der Waals surface area contributed by atoms with Gasteiger partial charge in [-0.15, -0.1) is 0 Å². The number of methoxy groups -OCH3 is 2. The molecule has 10 heteroatoms. The molecular weight excluding hydrogens is 436 g/mol. The van der Waals surface area contributed by atoms with Gasteiger partial charge in [0.1, 0.15) is 28.2 Å². The molecule has 1 saturated heterocycles. The van der Waals surface area contributed by atoms with E-state index in [2.05, 4.69) is 0 Å². The zero-order valence-electron chi connectivity index (χ0n) is 17.0. The molecule has 3 heterocycles. The molecular formula is C22H18N2O7S. The normalized spacial score (nSPS) is 24.0. The molecule has 1 fully saturated rings. The molecule has 2 amide bonds. The quantitative estimate of drug-likeness (QED) is 0.406. The van der Waals surface area contributed by atoms with Gasteiger partial charge in [0.05, 0.1) is 36.4 Å². The lowest BCUT2D eigenvalue weighted by molar-refractivity contribution is -0.131. The third-order valence-electron chi connectivity index (χ3n) is 5.87. The maximum absolute atomic E-state index is 13.7. The van der Waals surface area contributed by atoms with E-state index in [1.165, 1.54) is 26.4 Å². The van der Waals surface area contributed by atoms with Crippen molar-refractivity contribution < 1.29 is 33.7 Å². The van der Waals surface area contributed by atoms with E-state index in [9.17, 15) is 19.5 Å². The van der Waals surface area contributed by atoms with Crippen LogP contribution in [-0.2, 0) is 14.4 Å². The fourth-order valence-corrected chi connectivity index (χ4v) is 5.69. The highest BCUT2D eigenvalue weighted by atomic mass is 32.2. The highest BCUT2D eigenvalue weighted by molar-refractivity contribution is 8.04. The number of thioether (sulfide) groups is 1. The van der Waals surface area contributed by atoms with Gasteiger partial charge in [0.15, 0.2) is 0 Å². The SMILES string of the molecule is COc1ccc(OC)c(N2C(=O)[C@@H]3[C@@H]4C(=C(N)S[C@H]3C2=O)C(=O)Oc2cc(O)ccc24)c1. The van der Waals surface area contributed by atoms with Crippen molar-refractivity contribution in [3.63, 3.8) is 0 Å². The van der Waals surface area contributed by atoms with E-state index in [1.807, 2.05) is 0 Å². The number of hydrogen-bond acceptors (Lipinski definition) is 9. The molecule has 3 aliphatic heterocycles. The van der Waals surface area contributed by atoms with Crippen LogP contribution >= 0.6 is 11.8 Å². The zero-order valence-corrected chi connectivity index (χ0v) is 17.8. The highest BCUT2D eigenvalue weighted by Gasteiger charge is 2.59. The van der Waals surface area contributed by atoms with Crippen molar-refractivity contribution in [2.24, 2.45) is 11.7 Å². The van der Waals surface area contributed by atoms with Gasteiger partial charge in [0.25, 0.3) is 0 Å². The number of carbonyl (C=O) groups excluding carboxylic acids is 3. The van der Waals surface area contributed by atoms with Crippen LogP contribution in [0.3, 0.4) is 0 Å². The van der Waals surface area contributed by atoms with Crippen LogP contribution in [0.25, 0.3) is 0 Å². The van der Waals surface area contributed by atoms with E-state index in [1.54, 1.807) is 24.3 Å². The van der Waals surface area contributed by atoms with Crippen LogP contribution in [0.2, 0.25) is 0 Å². The summed E-state index contributed by atoms with van der Waals surface area (Å²) in [6.45, 7) is 0. The lowest BCUT2D eigenvalue weighted by Crippen LogP contribution is -2.39. The van der Waals surface area contributed by atoms with Crippen molar-refractivity contribution in [3.05, 3.63) is 52.6 Å². The van der Waals surface area contributed by atoms with Crippen molar-refractivity contribution >= 4 is 35.2 Å². The molecule has 0 radical (unpaired) electrons. The molecule has 0 saturated carbocycles. The molecule has 32 heavy (non-hydrogen) atoms. The van der Waals surface area contributed by atoms with Crippen molar-refractivity contribution in [2.45, 2.75) is 11.2 Å². The third kappa shape index (κ3) is 2.76. The lowest BCUT2D eigenvalue weighted by Gasteiger charge is -2.36. The van der Waals surface area contributed by atoms with E-state index >= 15 is 0 Å². The van der Waals surface area contributed by atoms with Gasteiger partial charge < -0.3 is 25.1 Å². The van der Waals surface area contributed by atoms with Crippen molar-refractivity contribution in [2.75, 3.05) is 19.1 Å². The number of hydrogen-bond donors (Lipinski definition) is 2. The number of aromatic hydroxyl groups is 1. The Balaban J connectivity index is 1.66. The summed E-state index contributed by atoms with van der Waals surface area (Å²) in [6, 6.07) is 9.14. The zero-order chi connectivity index (χ0) is 22.7. The summed E-state index contributed by atoms with van der Waals surface area (Å²) in [5, 5.41) is 9.12. The van der Waals surface area contributed by atoms with Crippen LogP contribution in [0.15, 0.2) is 47.0 Å². The first-order valence-electron chi connectivity index (χ1n) is 9.67. The van der Waals surface area contributed by atoms with E-state index in [-0.39, 0.29) is 27.8 Å². The molecule has 2 aromatic carbocycles. The molecule has 9 nitrogen and oxygen atoms in total. The minimum atomic E-state index is -0.887. The van der Waals surface area contributed by atoms with Crippen LogP contribution in [-0.4, -0.2) is 42.4 Å². The minimum Gasteiger partial charge on any atom is -0.508 e. The number of carbonyl (C=O) groups is 3. The average Bonchev–Trinajstić information content (AvgIpc) is 3.02. The topological polar surface area (TPSA) is 128 Å². The number of nitrogens with zero attached hydrogens (tertiary/aromatic N) is 1. The van der Waals surface area contributed by atoms with Gasteiger partial charge in [0, 0.05) is 23.6 Å². The summed E-state index contributed by atoms with van der Waals surface area (Å²) in [4.78, 5) is 40.9. The molecule has 3 aliphatic rings. The predicted molar refractivity (Wildman–Crippen MR) is 115 cm³/mol. The largest absolute Gasteiger partial charge is 0.508 e. The fraction of sp³-hybridized carbons (Fsp3) is 0.227. The Bertz CT molecular complexity index is 1220. The minimum absolute atomic E-state index is 0.0877. The summed E-state index contributed by atoms with van der Waals surface area (Å²) >= 11 is 0.981. The Labute approximate surface area is 186 Å². The summed E-state index contributed by atoms with van der Waals surface area (Å²) in [5.74, 6) is -2.49. The van der Waals surface area contributed by atoms with Crippen molar-refractivity contribution in [1.29, 1.82) is 0 Å². The number of amides is 2. The van der Waals surface area contributed by atoms with Crippen LogP contribution in [0, 0.1) is 5.92 Å². The summed E-state index contributed by atoms with van der Waals surface area (Å²) in [6.07, 6.45) is 0. The van der Waals surface area contributed by atoms with Crippen LogP contribution in [0.1, 0.15) is 11.5 Å². The van der Waals surface area contributed by atoms with E-state index in [0.29, 0.717) is 17.1 Å². The Morgan fingerprint density at radius 3 is 2.56 bits per heavy atom. The standard InChI is InChI=1S/C22H18N2O7S/c1-29-10-4-6-13(30-2)12(8-10)24-20(26)16-15-11-5-3-9(25)7-14(11)31-22(28)17(15)19(23)32-18(16)21(24)27/h3-8,15-16,18,25H,23H2,1-2H3/t15-,16-,18-/m1/s1. The first-order valence-corrected chi connectivity index (χ1v) is 10.5. The number of esters is 1. The lowest BCUT2D eigenvalue weighted by atomic mass is 9.77. The molecule has 3 N–H and O–H groups in total.